The molecule has 0 fully saturated rings. The van der Waals surface area contributed by atoms with Crippen molar-refractivity contribution < 1.29 is 14.3 Å². The second-order valence-electron chi connectivity index (χ2n) is 5.86. The highest BCUT2D eigenvalue weighted by atomic mass is 16.7. The van der Waals surface area contributed by atoms with Crippen molar-refractivity contribution >= 4 is 12.0 Å². The molecule has 0 bridgehead atoms. The van der Waals surface area contributed by atoms with E-state index in [0.29, 0.717) is 0 Å². The molecule has 0 saturated heterocycles. The van der Waals surface area contributed by atoms with Gasteiger partial charge in [0.05, 0.1) is 0 Å². The van der Waals surface area contributed by atoms with Crippen molar-refractivity contribution in [3.8, 4) is 11.5 Å². The van der Waals surface area contributed by atoms with Crippen LogP contribution in [-0.4, -0.2) is 30.7 Å². The predicted molar refractivity (Wildman–Crippen MR) is 97.1 cm³/mol. The lowest BCUT2D eigenvalue weighted by Gasteiger charge is -2.20. The lowest BCUT2D eigenvalue weighted by atomic mass is 10.2. The van der Waals surface area contributed by atoms with Crippen LogP contribution in [0.25, 0.3) is 6.08 Å². The lowest BCUT2D eigenvalue weighted by Crippen LogP contribution is -2.31. The average Bonchev–Trinajstić information content (AvgIpc) is 3.06. The molecule has 0 radical (unpaired) electrons. The Labute approximate surface area is 144 Å². The molecule has 4 nitrogen and oxygen atoms in total. The fourth-order valence-electron chi connectivity index (χ4n) is 2.46. The number of rotatable bonds is 9. The Morgan fingerprint density at radius 2 is 1.79 bits per heavy atom. The molecule has 1 aromatic rings. The number of amides is 1. The molecule has 1 aromatic carbocycles. The normalized spacial score (nSPS) is 13.1. The Morgan fingerprint density at radius 3 is 2.50 bits per heavy atom. The molecule has 1 aliphatic heterocycles. The maximum absolute atomic E-state index is 12.3. The second kappa shape index (κ2) is 9.81. The smallest absolute Gasteiger partial charge is 0.246 e. The minimum atomic E-state index is 0.0900. The van der Waals surface area contributed by atoms with E-state index < -0.39 is 0 Å². The van der Waals surface area contributed by atoms with Gasteiger partial charge >= 0.3 is 0 Å². The number of hydrogen-bond donors (Lipinski definition) is 0. The molecule has 0 aromatic heterocycles. The van der Waals surface area contributed by atoms with E-state index >= 15 is 0 Å². The number of unbranched alkanes of at least 4 members (excludes halogenated alkanes) is 2. The van der Waals surface area contributed by atoms with Gasteiger partial charge in [-0.3, -0.25) is 4.79 Å². The fraction of sp³-hybridized carbons (Fsp3) is 0.450. The molecule has 1 heterocycles. The number of allylic oxidation sites excluding steroid dienone is 2. The first-order valence-electron chi connectivity index (χ1n) is 8.78. The van der Waals surface area contributed by atoms with Crippen LogP contribution in [0.2, 0.25) is 0 Å². The third kappa shape index (κ3) is 5.44. The lowest BCUT2D eigenvalue weighted by molar-refractivity contribution is -0.126. The molecule has 1 aliphatic rings. The van der Waals surface area contributed by atoms with Crippen molar-refractivity contribution in [3.63, 3.8) is 0 Å². The van der Waals surface area contributed by atoms with Gasteiger partial charge in [0.15, 0.2) is 11.5 Å². The average molecular weight is 329 g/mol. The third-order valence-corrected chi connectivity index (χ3v) is 3.91. The summed E-state index contributed by atoms with van der Waals surface area (Å²) >= 11 is 0. The largest absolute Gasteiger partial charge is 0.454 e. The molecular weight excluding hydrogens is 302 g/mol. The third-order valence-electron chi connectivity index (χ3n) is 3.91. The van der Waals surface area contributed by atoms with Crippen molar-refractivity contribution in [1.82, 2.24) is 4.90 Å². The summed E-state index contributed by atoms with van der Waals surface area (Å²) in [6.45, 7) is 6.25. The molecule has 0 saturated carbocycles. The van der Waals surface area contributed by atoms with E-state index in [9.17, 15) is 4.79 Å². The van der Waals surface area contributed by atoms with Crippen molar-refractivity contribution in [3.05, 3.63) is 42.0 Å². The van der Waals surface area contributed by atoms with Gasteiger partial charge in [0.25, 0.3) is 0 Å². The van der Waals surface area contributed by atoms with E-state index in [4.69, 9.17) is 9.47 Å². The van der Waals surface area contributed by atoms with Crippen LogP contribution < -0.4 is 9.47 Å². The van der Waals surface area contributed by atoms with Gasteiger partial charge in [-0.15, -0.1) is 0 Å². The maximum atomic E-state index is 12.3. The van der Waals surface area contributed by atoms with E-state index in [1.54, 1.807) is 12.2 Å². The van der Waals surface area contributed by atoms with Crippen molar-refractivity contribution in [2.45, 2.75) is 39.5 Å². The Morgan fingerprint density at radius 1 is 1.08 bits per heavy atom. The van der Waals surface area contributed by atoms with Crippen molar-refractivity contribution in [2.24, 2.45) is 0 Å². The summed E-state index contributed by atoms with van der Waals surface area (Å²) in [4.78, 5) is 14.2. The SMILES string of the molecule is CCCCN(CCCC)C(=O)/C=C/C=C/c1ccc2c(c1)OCO2. The molecule has 24 heavy (non-hydrogen) atoms. The number of ether oxygens (including phenoxy) is 2. The molecule has 2 rings (SSSR count). The van der Waals surface area contributed by atoms with E-state index in [-0.39, 0.29) is 12.7 Å². The summed E-state index contributed by atoms with van der Waals surface area (Å²) in [5.74, 6) is 1.63. The van der Waals surface area contributed by atoms with Gasteiger partial charge in [0.2, 0.25) is 12.7 Å². The number of carbonyl (C=O) groups is 1. The molecular formula is C20H27NO3. The van der Waals surface area contributed by atoms with E-state index in [0.717, 1.165) is 55.8 Å². The minimum Gasteiger partial charge on any atom is -0.454 e. The number of fused-ring (bicyclic) bond motifs is 1. The van der Waals surface area contributed by atoms with Crippen LogP contribution in [-0.2, 0) is 4.79 Å². The highest BCUT2D eigenvalue weighted by molar-refractivity contribution is 5.88. The molecule has 1 amide bonds. The summed E-state index contributed by atoms with van der Waals surface area (Å²) in [7, 11) is 0. The highest BCUT2D eigenvalue weighted by Crippen LogP contribution is 2.32. The summed E-state index contributed by atoms with van der Waals surface area (Å²) < 4.78 is 10.6. The first kappa shape index (κ1) is 18.1. The van der Waals surface area contributed by atoms with Crippen LogP contribution in [0.1, 0.15) is 45.1 Å². The van der Waals surface area contributed by atoms with Gasteiger partial charge < -0.3 is 14.4 Å². The second-order valence-corrected chi connectivity index (χ2v) is 5.86. The summed E-state index contributed by atoms with van der Waals surface area (Å²) in [5, 5.41) is 0. The predicted octanol–water partition coefficient (Wildman–Crippen LogP) is 4.41. The van der Waals surface area contributed by atoms with E-state index in [2.05, 4.69) is 13.8 Å². The standard InChI is InChI=1S/C20H27NO3/c1-3-5-13-21(14-6-4-2)20(22)10-8-7-9-17-11-12-18-19(15-17)24-16-23-18/h7-12,15H,3-6,13-14,16H2,1-2H3/b9-7+,10-8+. The molecule has 130 valence electrons. The zero-order valence-electron chi connectivity index (χ0n) is 14.7. The number of benzene rings is 1. The maximum Gasteiger partial charge on any atom is 0.246 e. The Balaban J connectivity index is 1.89. The zero-order valence-corrected chi connectivity index (χ0v) is 14.7. The molecule has 0 aliphatic carbocycles. The zero-order chi connectivity index (χ0) is 17.2. The number of carbonyl (C=O) groups excluding carboxylic acids is 1. The minimum absolute atomic E-state index is 0.0900. The summed E-state index contributed by atoms with van der Waals surface area (Å²) in [5.41, 5.74) is 1.02. The van der Waals surface area contributed by atoms with Gasteiger partial charge in [-0.2, -0.15) is 0 Å². The number of nitrogens with zero attached hydrogens (tertiary/aromatic N) is 1. The fourth-order valence-corrected chi connectivity index (χ4v) is 2.46. The molecule has 0 atom stereocenters. The van der Waals surface area contributed by atoms with E-state index in [1.807, 2.05) is 35.3 Å². The molecule has 0 unspecified atom stereocenters. The Bertz CT molecular complexity index is 585. The molecule has 0 N–H and O–H groups in total. The van der Waals surface area contributed by atoms with E-state index in [1.165, 1.54) is 0 Å². The van der Waals surface area contributed by atoms with Crippen LogP contribution in [0, 0.1) is 0 Å². The van der Waals surface area contributed by atoms with Crippen molar-refractivity contribution in [1.29, 1.82) is 0 Å². The Kier molecular flexibility index (Phi) is 7.40. The van der Waals surface area contributed by atoms with Crippen LogP contribution in [0.5, 0.6) is 11.5 Å². The van der Waals surface area contributed by atoms with Crippen LogP contribution in [0.4, 0.5) is 0 Å². The van der Waals surface area contributed by atoms with Crippen LogP contribution in [0.3, 0.4) is 0 Å². The van der Waals surface area contributed by atoms with Crippen molar-refractivity contribution in [2.75, 3.05) is 19.9 Å². The van der Waals surface area contributed by atoms with Gasteiger partial charge in [0.1, 0.15) is 0 Å². The quantitative estimate of drug-likeness (QED) is 0.497. The molecule has 0 spiro atoms. The summed E-state index contributed by atoms with van der Waals surface area (Å²) in [6, 6.07) is 5.80. The first-order valence-corrected chi connectivity index (χ1v) is 8.78. The number of hydrogen-bond acceptors (Lipinski definition) is 3. The topological polar surface area (TPSA) is 38.8 Å². The molecule has 4 heteroatoms. The van der Waals surface area contributed by atoms with Crippen LogP contribution >= 0.6 is 0 Å². The van der Waals surface area contributed by atoms with Gasteiger partial charge in [-0.05, 0) is 30.5 Å². The monoisotopic (exact) mass is 329 g/mol. The first-order chi connectivity index (χ1) is 11.7. The highest BCUT2D eigenvalue weighted by Gasteiger charge is 2.12. The van der Waals surface area contributed by atoms with Gasteiger partial charge in [0, 0.05) is 19.2 Å². The van der Waals surface area contributed by atoms with Gasteiger partial charge in [-0.1, -0.05) is 51.0 Å². The van der Waals surface area contributed by atoms with Crippen LogP contribution in [0.15, 0.2) is 36.4 Å². The van der Waals surface area contributed by atoms with Gasteiger partial charge in [-0.25, -0.2) is 0 Å². The Hall–Kier alpha value is -2.23. The summed E-state index contributed by atoms with van der Waals surface area (Å²) in [6.07, 6.45) is 11.6.